The van der Waals surface area contributed by atoms with E-state index in [1.807, 2.05) is 63.4 Å². The molecule has 8 heteroatoms. The van der Waals surface area contributed by atoms with Crippen molar-refractivity contribution in [3.63, 3.8) is 0 Å². The number of aromatic amines is 1. The van der Waals surface area contributed by atoms with Crippen LogP contribution in [0.1, 0.15) is 44.0 Å². The Kier molecular flexibility index (Phi) is 6.73. The van der Waals surface area contributed by atoms with Crippen LogP contribution in [0.4, 0.5) is 5.82 Å². The SMILES string of the molecule is CC(C)(C)CC(=O)NC1=CC(c2cnc(N)c(C(=N)c3cc4c(-c5ccsc5)cccc4[nH]3)c2)=CNC=C1. The van der Waals surface area contributed by atoms with Gasteiger partial charge in [0.25, 0.3) is 0 Å². The van der Waals surface area contributed by atoms with Crippen molar-refractivity contribution in [3.8, 4) is 11.1 Å². The first-order valence-electron chi connectivity index (χ1n) is 12.3. The van der Waals surface area contributed by atoms with E-state index in [2.05, 4.69) is 43.5 Å². The Morgan fingerprint density at radius 2 is 2.03 bits per heavy atom. The number of thiophene rings is 1. The predicted molar refractivity (Wildman–Crippen MR) is 157 cm³/mol. The highest BCUT2D eigenvalue weighted by molar-refractivity contribution is 7.08. The lowest BCUT2D eigenvalue weighted by molar-refractivity contribution is -0.122. The molecule has 0 saturated carbocycles. The van der Waals surface area contributed by atoms with E-state index < -0.39 is 0 Å². The van der Waals surface area contributed by atoms with Gasteiger partial charge in [0.05, 0.1) is 11.4 Å². The Bertz CT molecular complexity index is 1620. The van der Waals surface area contributed by atoms with Crippen LogP contribution in [0.5, 0.6) is 0 Å². The Morgan fingerprint density at radius 3 is 2.79 bits per heavy atom. The van der Waals surface area contributed by atoms with Gasteiger partial charge in [0.2, 0.25) is 5.91 Å². The number of nitrogens with zero attached hydrogens (tertiary/aromatic N) is 1. The summed E-state index contributed by atoms with van der Waals surface area (Å²) < 4.78 is 0. The van der Waals surface area contributed by atoms with Gasteiger partial charge in [-0.1, -0.05) is 32.9 Å². The number of benzene rings is 1. The van der Waals surface area contributed by atoms with Crippen LogP contribution in [0.15, 0.2) is 83.6 Å². The number of nitrogen functional groups attached to an aromatic ring is 1. The summed E-state index contributed by atoms with van der Waals surface area (Å²) in [6.07, 6.45) is 9.38. The lowest BCUT2D eigenvalue weighted by Crippen LogP contribution is -2.26. The fourth-order valence-corrected chi connectivity index (χ4v) is 5.06. The number of nitrogens with one attached hydrogen (secondary N) is 4. The summed E-state index contributed by atoms with van der Waals surface area (Å²) in [6, 6.07) is 12.1. The number of pyridine rings is 1. The van der Waals surface area contributed by atoms with Gasteiger partial charge in [-0.25, -0.2) is 4.98 Å². The summed E-state index contributed by atoms with van der Waals surface area (Å²) in [5.74, 6) is 0.228. The zero-order chi connectivity index (χ0) is 26.9. The number of amides is 1. The number of carbonyl (C=O) groups excluding carboxylic acids is 1. The largest absolute Gasteiger partial charge is 0.383 e. The Labute approximate surface area is 225 Å². The third-order valence-electron chi connectivity index (χ3n) is 6.17. The van der Waals surface area contributed by atoms with Crippen LogP contribution in [0.2, 0.25) is 0 Å². The molecule has 0 spiro atoms. The molecule has 0 aliphatic carbocycles. The first kappa shape index (κ1) is 25.2. The molecule has 0 radical (unpaired) electrons. The van der Waals surface area contributed by atoms with Crippen molar-refractivity contribution >= 4 is 45.2 Å². The van der Waals surface area contributed by atoms with Gasteiger partial charge in [0.1, 0.15) is 5.82 Å². The second-order valence-electron chi connectivity index (χ2n) is 10.5. The van der Waals surface area contributed by atoms with Crippen LogP contribution in [-0.4, -0.2) is 21.6 Å². The second kappa shape index (κ2) is 10.1. The maximum atomic E-state index is 12.5. The number of aromatic nitrogens is 2. The normalized spacial score (nSPS) is 13.4. The van der Waals surface area contributed by atoms with Crippen LogP contribution in [0.25, 0.3) is 27.6 Å². The van der Waals surface area contributed by atoms with Gasteiger partial charge >= 0.3 is 0 Å². The number of rotatable bonds is 6. The van der Waals surface area contributed by atoms with Crippen molar-refractivity contribution in [1.82, 2.24) is 20.6 Å². The van der Waals surface area contributed by atoms with Gasteiger partial charge in [0.15, 0.2) is 0 Å². The molecule has 3 aromatic heterocycles. The van der Waals surface area contributed by atoms with Crippen molar-refractivity contribution in [1.29, 1.82) is 5.41 Å². The van der Waals surface area contributed by atoms with Crippen LogP contribution in [-0.2, 0) is 4.79 Å². The number of carbonyl (C=O) groups is 1. The van der Waals surface area contributed by atoms with Crippen LogP contribution in [0.3, 0.4) is 0 Å². The highest BCUT2D eigenvalue weighted by Crippen LogP contribution is 2.32. The molecule has 1 aliphatic rings. The van der Waals surface area contributed by atoms with Crippen molar-refractivity contribution in [2.24, 2.45) is 5.41 Å². The first-order valence-corrected chi connectivity index (χ1v) is 13.3. The van der Waals surface area contributed by atoms with E-state index in [0.717, 1.165) is 33.2 Å². The number of allylic oxidation sites excluding steroid dienone is 3. The molecule has 38 heavy (non-hydrogen) atoms. The fourth-order valence-electron chi connectivity index (χ4n) is 4.40. The summed E-state index contributed by atoms with van der Waals surface area (Å²) in [7, 11) is 0. The molecule has 7 nitrogen and oxygen atoms in total. The molecular formula is C30H30N6OS. The molecule has 0 unspecified atom stereocenters. The molecular weight excluding hydrogens is 492 g/mol. The van der Waals surface area contributed by atoms with E-state index in [-0.39, 0.29) is 22.9 Å². The minimum Gasteiger partial charge on any atom is -0.383 e. The maximum absolute atomic E-state index is 12.5. The number of anilines is 1. The Morgan fingerprint density at radius 1 is 1.18 bits per heavy atom. The predicted octanol–water partition coefficient (Wildman–Crippen LogP) is 6.18. The molecule has 1 aromatic carbocycles. The maximum Gasteiger partial charge on any atom is 0.224 e. The molecule has 0 bridgehead atoms. The van der Waals surface area contributed by atoms with E-state index in [4.69, 9.17) is 11.1 Å². The average Bonchev–Trinajstić information content (AvgIpc) is 3.49. The topological polar surface area (TPSA) is 120 Å². The minimum atomic E-state index is -0.112. The summed E-state index contributed by atoms with van der Waals surface area (Å²) >= 11 is 1.66. The molecule has 192 valence electrons. The number of fused-ring (bicyclic) bond motifs is 1. The van der Waals surface area contributed by atoms with Crippen molar-refractivity contribution in [2.45, 2.75) is 27.2 Å². The molecule has 0 fully saturated rings. The Balaban J connectivity index is 1.45. The highest BCUT2D eigenvalue weighted by Gasteiger charge is 2.18. The van der Waals surface area contributed by atoms with Crippen LogP contribution >= 0.6 is 11.3 Å². The number of hydrogen-bond acceptors (Lipinski definition) is 6. The van der Waals surface area contributed by atoms with Crippen LogP contribution < -0.4 is 16.4 Å². The molecule has 5 rings (SSSR count). The van der Waals surface area contributed by atoms with Gasteiger partial charge in [-0.2, -0.15) is 11.3 Å². The smallest absolute Gasteiger partial charge is 0.224 e. The summed E-state index contributed by atoms with van der Waals surface area (Å²) in [4.78, 5) is 20.3. The zero-order valence-electron chi connectivity index (χ0n) is 21.6. The quantitative estimate of drug-likeness (QED) is 0.194. The third kappa shape index (κ3) is 5.45. The summed E-state index contributed by atoms with van der Waals surface area (Å²) in [6.45, 7) is 6.09. The molecule has 6 N–H and O–H groups in total. The van der Waals surface area contributed by atoms with Crippen molar-refractivity contribution < 1.29 is 4.79 Å². The van der Waals surface area contributed by atoms with Crippen molar-refractivity contribution in [2.75, 3.05) is 5.73 Å². The van der Waals surface area contributed by atoms with E-state index in [9.17, 15) is 4.79 Å². The van der Waals surface area contributed by atoms with E-state index in [1.165, 1.54) is 0 Å². The lowest BCUT2D eigenvalue weighted by atomic mass is 9.92. The zero-order valence-corrected chi connectivity index (χ0v) is 22.4. The third-order valence-corrected chi connectivity index (χ3v) is 6.85. The van der Waals surface area contributed by atoms with Gasteiger partial charge in [-0.3, -0.25) is 10.2 Å². The average molecular weight is 523 g/mol. The highest BCUT2D eigenvalue weighted by atomic mass is 32.1. The summed E-state index contributed by atoms with van der Waals surface area (Å²) in [5.41, 5.74) is 13.1. The molecule has 1 aliphatic heterocycles. The van der Waals surface area contributed by atoms with E-state index >= 15 is 0 Å². The van der Waals surface area contributed by atoms with E-state index in [0.29, 0.717) is 23.4 Å². The number of hydrogen-bond donors (Lipinski definition) is 5. The minimum absolute atomic E-state index is 0.0480. The number of nitrogens with two attached hydrogens (primary N) is 1. The Hall–Kier alpha value is -4.43. The first-order chi connectivity index (χ1) is 18.2. The lowest BCUT2D eigenvalue weighted by Gasteiger charge is -2.17. The standard InChI is InChI=1S/C30H30N6OS/c1-30(2,3)14-27(37)35-21-7-9-33-15-19(11-21)20-12-24(29(32)34-16-20)28(31)26-13-23-22(18-8-10-38-17-18)5-4-6-25(23)36-26/h4-13,15-17,31,33,36H,14H2,1-3H3,(H2,32,34)(H,35,37). The molecule has 0 saturated heterocycles. The van der Waals surface area contributed by atoms with Gasteiger partial charge in [-0.05, 0) is 63.7 Å². The molecule has 4 aromatic rings. The van der Waals surface area contributed by atoms with Crippen LogP contribution in [0, 0.1) is 10.8 Å². The van der Waals surface area contributed by atoms with Gasteiger partial charge in [0, 0.05) is 58.3 Å². The van der Waals surface area contributed by atoms with E-state index in [1.54, 1.807) is 23.7 Å². The monoisotopic (exact) mass is 522 g/mol. The number of H-pyrrole nitrogens is 1. The molecule has 0 atom stereocenters. The van der Waals surface area contributed by atoms with Crippen molar-refractivity contribution in [3.05, 3.63) is 100 Å². The van der Waals surface area contributed by atoms with Gasteiger partial charge < -0.3 is 21.4 Å². The fraction of sp³-hybridized carbons (Fsp3) is 0.167. The second-order valence-corrected chi connectivity index (χ2v) is 11.3. The summed E-state index contributed by atoms with van der Waals surface area (Å²) in [5, 5.41) is 20.3. The molecule has 1 amide bonds. The molecule has 4 heterocycles. The van der Waals surface area contributed by atoms with Gasteiger partial charge in [-0.15, -0.1) is 0 Å².